The van der Waals surface area contributed by atoms with E-state index in [1.165, 1.54) is 25.3 Å². The van der Waals surface area contributed by atoms with Crippen molar-refractivity contribution in [2.75, 3.05) is 7.05 Å². The summed E-state index contributed by atoms with van der Waals surface area (Å²) >= 11 is 1.48. The number of urea groups is 1. The van der Waals surface area contributed by atoms with Gasteiger partial charge in [-0.25, -0.2) is 9.59 Å². The second kappa shape index (κ2) is 6.33. The quantitative estimate of drug-likeness (QED) is 0.821. The monoisotopic (exact) mass is 284 g/mol. The zero-order chi connectivity index (χ0) is 14.6. The van der Waals surface area contributed by atoms with Crippen LogP contribution >= 0.6 is 11.3 Å². The van der Waals surface area contributed by atoms with Gasteiger partial charge in [-0.2, -0.15) is 0 Å². The average Bonchev–Trinajstić information content (AvgIpc) is 2.68. The fraction of sp³-hybridized carbons (Fsp3) is 0.417. The lowest BCUT2D eigenvalue weighted by atomic mass is 10.2. The number of aryl methyl sites for hydroxylation is 2. The van der Waals surface area contributed by atoms with Crippen molar-refractivity contribution >= 4 is 29.2 Å². The second-order valence-electron chi connectivity index (χ2n) is 3.94. The highest BCUT2D eigenvalue weighted by atomic mass is 32.1. The maximum absolute atomic E-state index is 11.9. The predicted octanol–water partition coefficient (Wildman–Crippen LogP) is 1.37. The minimum atomic E-state index is -1.04. The summed E-state index contributed by atoms with van der Waals surface area (Å²) < 4.78 is 5.01. The zero-order valence-electron chi connectivity index (χ0n) is 11.2. The first-order valence-corrected chi connectivity index (χ1v) is 6.47. The summed E-state index contributed by atoms with van der Waals surface area (Å²) in [5, 5.41) is 4.28. The molecule has 0 unspecified atom stereocenters. The zero-order valence-corrected chi connectivity index (χ0v) is 12.0. The van der Waals surface area contributed by atoms with Crippen molar-refractivity contribution in [1.29, 1.82) is 0 Å². The first-order valence-electron chi connectivity index (χ1n) is 5.65. The Morgan fingerprint density at radius 3 is 2.42 bits per heavy atom. The Balaban J connectivity index is 2.64. The molecule has 0 aliphatic heterocycles. The smallest absolute Gasteiger partial charge is 0.340 e. The van der Waals surface area contributed by atoms with Gasteiger partial charge in [-0.05, 0) is 26.8 Å². The summed E-state index contributed by atoms with van der Waals surface area (Å²) in [4.78, 5) is 36.2. The molecular formula is C12H16N2O4S. The van der Waals surface area contributed by atoms with Crippen molar-refractivity contribution in [3.05, 3.63) is 21.4 Å². The Kier molecular flexibility index (Phi) is 5.05. The number of amides is 3. The van der Waals surface area contributed by atoms with Crippen LogP contribution in [0.15, 0.2) is 6.07 Å². The normalized spacial score (nSPS) is 11.6. The van der Waals surface area contributed by atoms with Crippen LogP contribution in [0.4, 0.5) is 4.79 Å². The van der Waals surface area contributed by atoms with Crippen molar-refractivity contribution in [3.63, 3.8) is 0 Å². The molecule has 2 N–H and O–H groups in total. The molecule has 104 valence electrons. The van der Waals surface area contributed by atoms with E-state index in [9.17, 15) is 14.4 Å². The summed E-state index contributed by atoms with van der Waals surface area (Å²) in [6.45, 7) is 5.10. The van der Waals surface area contributed by atoms with E-state index in [4.69, 9.17) is 4.74 Å². The molecule has 0 bridgehead atoms. The van der Waals surface area contributed by atoms with E-state index in [2.05, 4.69) is 5.32 Å². The minimum Gasteiger partial charge on any atom is -0.449 e. The van der Waals surface area contributed by atoms with Crippen LogP contribution in [0.1, 0.15) is 27.0 Å². The van der Waals surface area contributed by atoms with Gasteiger partial charge in [-0.3, -0.25) is 10.1 Å². The Labute approximate surface area is 115 Å². The lowest BCUT2D eigenvalue weighted by Gasteiger charge is -2.12. The molecule has 0 fully saturated rings. The first kappa shape index (κ1) is 15.2. The van der Waals surface area contributed by atoms with Crippen molar-refractivity contribution in [2.24, 2.45) is 0 Å². The molecule has 3 amide bonds. The summed E-state index contributed by atoms with van der Waals surface area (Å²) in [6.07, 6.45) is -1.04. The predicted molar refractivity (Wildman–Crippen MR) is 71.3 cm³/mol. The average molecular weight is 284 g/mol. The van der Waals surface area contributed by atoms with Gasteiger partial charge < -0.3 is 10.1 Å². The molecule has 0 saturated heterocycles. The number of hydrogen-bond acceptors (Lipinski definition) is 5. The molecule has 0 saturated carbocycles. The third-order valence-corrected chi connectivity index (χ3v) is 3.34. The number of thiophene rings is 1. The van der Waals surface area contributed by atoms with E-state index in [0.717, 1.165) is 9.75 Å². The van der Waals surface area contributed by atoms with Gasteiger partial charge in [0.25, 0.3) is 5.91 Å². The number of ether oxygens (including phenoxy) is 1. The van der Waals surface area contributed by atoms with Gasteiger partial charge in [0.2, 0.25) is 0 Å². The van der Waals surface area contributed by atoms with E-state index in [0.29, 0.717) is 5.56 Å². The number of rotatable bonds is 3. The highest BCUT2D eigenvalue weighted by Crippen LogP contribution is 2.21. The van der Waals surface area contributed by atoms with E-state index < -0.39 is 24.0 Å². The molecule has 0 radical (unpaired) electrons. The van der Waals surface area contributed by atoms with Crippen molar-refractivity contribution < 1.29 is 19.1 Å². The molecule has 0 aromatic carbocycles. The van der Waals surface area contributed by atoms with E-state index >= 15 is 0 Å². The van der Waals surface area contributed by atoms with Crippen LogP contribution in [0.3, 0.4) is 0 Å². The molecule has 0 aliphatic rings. The van der Waals surface area contributed by atoms with Gasteiger partial charge in [-0.1, -0.05) is 0 Å². The van der Waals surface area contributed by atoms with Crippen LogP contribution in [0.2, 0.25) is 0 Å². The van der Waals surface area contributed by atoms with Crippen LogP contribution < -0.4 is 10.6 Å². The van der Waals surface area contributed by atoms with Crippen LogP contribution in [0.25, 0.3) is 0 Å². The fourth-order valence-electron chi connectivity index (χ4n) is 1.39. The lowest BCUT2D eigenvalue weighted by Crippen LogP contribution is -2.43. The Morgan fingerprint density at radius 1 is 1.32 bits per heavy atom. The molecule has 0 spiro atoms. The van der Waals surface area contributed by atoms with Crippen LogP contribution in [0, 0.1) is 13.8 Å². The van der Waals surface area contributed by atoms with Crippen LogP contribution in [0.5, 0.6) is 0 Å². The van der Waals surface area contributed by atoms with Gasteiger partial charge in [0.1, 0.15) is 0 Å². The summed E-state index contributed by atoms with van der Waals surface area (Å²) in [5.74, 6) is -1.24. The number of carbonyl (C=O) groups excluding carboxylic acids is 3. The maximum atomic E-state index is 11.9. The van der Waals surface area contributed by atoms with E-state index in [-0.39, 0.29) is 0 Å². The number of carbonyl (C=O) groups is 3. The third-order valence-electron chi connectivity index (χ3n) is 2.38. The Bertz CT molecular complexity index is 510. The molecule has 6 nitrogen and oxygen atoms in total. The standard InChI is InChI=1S/C12H16N2O4S/c1-6-5-9(8(3)19-6)11(16)18-7(2)10(15)14-12(17)13-4/h5,7H,1-4H3,(H2,13,14,15,17)/t7-/m0/s1. The second-order valence-corrected chi connectivity index (χ2v) is 5.40. The van der Waals surface area contributed by atoms with Crippen LogP contribution in [-0.2, 0) is 9.53 Å². The van der Waals surface area contributed by atoms with Crippen LogP contribution in [-0.4, -0.2) is 31.1 Å². The molecule has 1 aromatic rings. The largest absolute Gasteiger partial charge is 0.449 e. The highest BCUT2D eigenvalue weighted by molar-refractivity contribution is 7.12. The molecule has 1 aromatic heterocycles. The van der Waals surface area contributed by atoms with E-state index in [1.807, 2.05) is 19.2 Å². The van der Waals surface area contributed by atoms with Crippen molar-refractivity contribution in [2.45, 2.75) is 26.9 Å². The highest BCUT2D eigenvalue weighted by Gasteiger charge is 2.22. The van der Waals surface area contributed by atoms with Crippen molar-refractivity contribution in [1.82, 2.24) is 10.6 Å². The fourth-order valence-corrected chi connectivity index (χ4v) is 2.30. The van der Waals surface area contributed by atoms with E-state index in [1.54, 1.807) is 6.07 Å². The van der Waals surface area contributed by atoms with Gasteiger partial charge in [-0.15, -0.1) is 11.3 Å². The number of imide groups is 1. The summed E-state index contributed by atoms with van der Waals surface area (Å²) in [6, 6.07) is 1.07. The molecule has 0 aliphatic carbocycles. The lowest BCUT2D eigenvalue weighted by molar-refractivity contribution is -0.127. The van der Waals surface area contributed by atoms with Gasteiger partial charge >= 0.3 is 12.0 Å². The summed E-state index contributed by atoms with van der Waals surface area (Å²) in [7, 11) is 1.39. The molecular weight excluding hydrogens is 268 g/mol. The minimum absolute atomic E-state index is 0.446. The van der Waals surface area contributed by atoms with Gasteiger partial charge in [0.05, 0.1) is 5.56 Å². The van der Waals surface area contributed by atoms with Crippen molar-refractivity contribution in [3.8, 4) is 0 Å². The first-order chi connectivity index (χ1) is 8.85. The molecule has 1 heterocycles. The number of hydrogen-bond donors (Lipinski definition) is 2. The molecule has 19 heavy (non-hydrogen) atoms. The molecule has 1 rings (SSSR count). The SMILES string of the molecule is CNC(=O)NC(=O)[C@H](C)OC(=O)c1cc(C)sc1C. The Morgan fingerprint density at radius 2 is 1.95 bits per heavy atom. The third kappa shape index (κ3) is 4.06. The summed E-state index contributed by atoms with van der Waals surface area (Å²) in [5.41, 5.74) is 0.446. The van der Waals surface area contributed by atoms with Gasteiger partial charge in [0, 0.05) is 16.8 Å². The maximum Gasteiger partial charge on any atom is 0.340 e. The topological polar surface area (TPSA) is 84.5 Å². The molecule has 1 atom stereocenters. The number of esters is 1. The van der Waals surface area contributed by atoms with Gasteiger partial charge in [0.15, 0.2) is 6.10 Å². The Hall–Kier alpha value is -1.89. The molecule has 7 heteroatoms. The number of nitrogens with one attached hydrogen (secondary N) is 2.